The zero-order chi connectivity index (χ0) is 17.9. The topological polar surface area (TPSA) is 51.3 Å². The van der Waals surface area contributed by atoms with Crippen molar-refractivity contribution in [3.05, 3.63) is 35.9 Å². The molecule has 1 atom stereocenters. The van der Waals surface area contributed by atoms with Crippen molar-refractivity contribution in [3.8, 4) is 0 Å². The molecular weight excluding hydrogens is 331 g/mol. The number of aromatic nitrogens is 4. The maximum absolute atomic E-state index is 14.1. The molecule has 4 rings (SSSR count). The Morgan fingerprint density at radius 1 is 1.19 bits per heavy atom. The van der Waals surface area contributed by atoms with Gasteiger partial charge in [0.2, 0.25) is 5.82 Å². The van der Waals surface area contributed by atoms with E-state index < -0.39 is 0 Å². The van der Waals surface area contributed by atoms with Crippen molar-refractivity contribution in [1.29, 1.82) is 0 Å². The lowest BCUT2D eigenvalue weighted by Crippen LogP contribution is -3.15. The van der Waals surface area contributed by atoms with Crippen molar-refractivity contribution in [3.63, 3.8) is 0 Å². The molecule has 1 aromatic carbocycles. The molecule has 2 fully saturated rings. The maximum Gasteiger partial charge on any atom is 0.209 e. The molecule has 2 heterocycles. The standard InChI is InChI=1S/C19H27FN6/c1-2-17(19-21-22-23-26(19)15-7-3-4-8-15)24-11-13-25(14-12-24)18-10-6-5-9-16(18)20/h5-6,9-10,15,17H,2-4,7-8,11-14H2,1H3/p+1/t17-/m0/s1. The van der Waals surface area contributed by atoms with Crippen molar-refractivity contribution in [2.75, 3.05) is 31.1 Å². The van der Waals surface area contributed by atoms with Gasteiger partial charge in [0.1, 0.15) is 11.9 Å². The van der Waals surface area contributed by atoms with Crippen LogP contribution in [0.2, 0.25) is 0 Å². The minimum absolute atomic E-state index is 0.131. The van der Waals surface area contributed by atoms with Gasteiger partial charge in [-0.3, -0.25) is 0 Å². The van der Waals surface area contributed by atoms with Gasteiger partial charge in [0.25, 0.3) is 0 Å². The molecule has 1 saturated heterocycles. The summed E-state index contributed by atoms with van der Waals surface area (Å²) in [6.07, 6.45) is 5.93. The van der Waals surface area contributed by atoms with Gasteiger partial charge in [0.15, 0.2) is 0 Å². The van der Waals surface area contributed by atoms with Crippen molar-refractivity contribution >= 4 is 5.69 Å². The Morgan fingerprint density at radius 2 is 1.92 bits per heavy atom. The van der Waals surface area contributed by atoms with Crippen LogP contribution in [0.3, 0.4) is 0 Å². The van der Waals surface area contributed by atoms with Crippen LogP contribution in [-0.2, 0) is 0 Å². The smallest absolute Gasteiger partial charge is 0.209 e. The van der Waals surface area contributed by atoms with E-state index in [-0.39, 0.29) is 5.82 Å². The van der Waals surface area contributed by atoms with Gasteiger partial charge < -0.3 is 9.80 Å². The van der Waals surface area contributed by atoms with Gasteiger partial charge >= 0.3 is 0 Å². The first kappa shape index (κ1) is 17.4. The molecular formula is C19H28FN6+. The van der Waals surface area contributed by atoms with Crippen LogP contribution in [0, 0.1) is 5.82 Å². The highest BCUT2D eigenvalue weighted by Gasteiger charge is 2.34. The van der Waals surface area contributed by atoms with E-state index in [1.807, 2.05) is 12.1 Å². The highest BCUT2D eigenvalue weighted by molar-refractivity contribution is 5.47. The summed E-state index contributed by atoms with van der Waals surface area (Å²) in [7, 11) is 0. The Morgan fingerprint density at radius 3 is 2.62 bits per heavy atom. The van der Waals surface area contributed by atoms with E-state index in [4.69, 9.17) is 0 Å². The zero-order valence-corrected chi connectivity index (χ0v) is 15.4. The highest BCUT2D eigenvalue weighted by Crippen LogP contribution is 2.30. The molecule has 0 radical (unpaired) electrons. The molecule has 140 valence electrons. The number of piperazine rings is 1. The summed E-state index contributed by atoms with van der Waals surface area (Å²) < 4.78 is 16.2. The number of tetrazole rings is 1. The molecule has 0 bridgehead atoms. The fourth-order valence-corrected chi connectivity index (χ4v) is 4.58. The summed E-state index contributed by atoms with van der Waals surface area (Å²) in [5.74, 6) is 0.905. The van der Waals surface area contributed by atoms with Crippen LogP contribution in [0.1, 0.15) is 56.9 Å². The summed E-state index contributed by atoms with van der Waals surface area (Å²) in [6, 6.07) is 7.84. The second kappa shape index (κ2) is 7.70. The first-order chi connectivity index (χ1) is 12.8. The summed E-state index contributed by atoms with van der Waals surface area (Å²) >= 11 is 0. The Kier molecular flexibility index (Phi) is 5.15. The summed E-state index contributed by atoms with van der Waals surface area (Å²) in [6.45, 7) is 5.89. The molecule has 1 aromatic heterocycles. The largest absolute Gasteiger partial charge is 0.358 e. The third-order valence-electron chi connectivity index (χ3n) is 6.00. The van der Waals surface area contributed by atoms with Crippen molar-refractivity contribution < 1.29 is 9.29 Å². The number of para-hydroxylation sites is 1. The molecule has 1 saturated carbocycles. The van der Waals surface area contributed by atoms with Crippen LogP contribution in [0.15, 0.2) is 24.3 Å². The number of nitrogens with zero attached hydrogens (tertiary/aromatic N) is 5. The normalized spacial score (nSPS) is 20.6. The average Bonchev–Trinajstić information content (AvgIpc) is 3.35. The van der Waals surface area contributed by atoms with Crippen molar-refractivity contribution in [1.82, 2.24) is 20.2 Å². The number of hydrogen-bond donors (Lipinski definition) is 1. The Balaban J connectivity index is 1.46. The fraction of sp³-hybridized carbons (Fsp3) is 0.632. The van der Waals surface area contributed by atoms with Gasteiger partial charge in [-0.05, 0) is 35.4 Å². The lowest BCUT2D eigenvalue weighted by atomic mass is 10.1. The van der Waals surface area contributed by atoms with E-state index in [1.54, 1.807) is 12.1 Å². The number of hydrogen-bond acceptors (Lipinski definition) is 4. The molecule has 0 unspecified atom stereocenters. The predicted molar refractivity (Wildman–Crippen MR) is 97.7 cm³/mol. The third kappa shape index (κ3) is 3.32. The van der Waals surface area contributed by atoms with Crippen LogP contribution >= 0.6 is 0 Å². The molecule has 2 aromatic rings. The predicted octanol–water partition coefficient (Wildman–Crippen LogP) is 1.78. The van der Waals surface area contributed by atoms with E-state index in [2.05, 4.69) is 32.0 Å². The first-order valence-corrected chi connectivity index (χ1v) is 9.89. The first-order valence-electron chi connectivity index (χ1n) is 9.89. The van der Waals surface area contributed by atoms with E-state index in [9.17, 15) is 4.39 Å². The van der Waals surface area contributed by atoms with Gasteiger partial charge in [0.05, 0.1) is 37.9 Å². The lowest BCUT2D eigenvalue weighted by molar-refractivity contribution is -0.933. The van der Waals surface area contributed by atoms with Gasteiger partial charge in [-0.1, -0.05) is 31.9 Å². The Bertz CT molecular complexity index is 718. The summed E-state index contributed by atoms with van der Waals surface area (Å²) in [5, 5.41) is 12.7. The lowest BCUT2D eigenvalue weighted by Gasteiger charge is -2.37. The van der Waals surface area contributed by atoms with Crippen LogP contribution in [-0.4, -0.2) is 46.4 Å². The van der Waals surface area contributed by atoms with E-state index in [0.29, 0.717) is 12.1 Å². The minimum atomic E-state index is -0.131. The summed E-state index contributed by atoms with van der Waals surface area (Å²) in [4.78, 5) is 3.67. The van der Waals surface area contributed by atoms with Crippen molar-refractivity contribution in [2.45, 2.75) is 51.1 Å². The highest BCUT2D eigenvalue weighted by atomic mass is 19.1. The number of benzene rings is 1. The van der Waals surface area contributed by atoms with Crippen LogP contribution in [0.4, 0.5) is 10.1 Å². The molecule has 1 N–H and O–H groups in total. The Hall–Kier alpha value is -2.02. The second-order valence-electron chi connectivity index (χ2n) is 7.48. The number of anilines is 1. The SMILES string of the molecule is CC[C@@H](c1nnnn1C1CCCC1)[NH+]1CCN(c2ccccc2F)CC1. The Labute approximate surface area is 154 Å². The van der Waals surface area contributed by atoms with Crippen LogP contribution in [0.5, 0.6) is 0 Å². The van der Waals surface area contributed by atoms with Crippen LogP contribution in [0.25, 0.3) is 0 Å². The molecule has 1 aliphatic carbocycles. The maximum atomic E-state index is 14.1. The zero-order valence-electron chi connectivity index (χ0n) is 15.4. The molecule has 2 aliphatic rings. The minimum Gasteiger partial charge on any atom is -0.358 e. The van der Waals surface area contributed by atoms with Gasteiger partial charge in [0, 0.05) is 6.42 Å². The number of nitrogens with one attached hydrogen (secondary N) is 1. The molecule has 6 nitrogen and oxygen atoms in total. The number of quaternary nitrogens is 1. The molecule has 0 spiro atoms. The molecule has 7 heteroatoms. The number of halogens is 1. The third-order valence-corrected chi connectivity index (χ3v) is 6.00. The van der Waals surface area contributed by atoms with Gasteiger partial charge in [-0.25, -0.2) is 9.07 Å². The number of rotatable bonds is 5. The van der Waals surface area contributed by atoms with Crippen molar-refractivity contribution in [2.24, 2.45) is 0 Å². The van der Waals surface area contributed by atoms with E-state index in [0.717, 1.165) is 44.1 Å². The van der Waals surface area contributed by atoms with Crippen LogP contribution < -0.4 is 9.80 Å². The monoisotopic (exact) mass is 359 g/mol. The molecule has 26 heavy (non-hydrogen) atoms. The molecule has 1 aliphatic heterocycles. The fourth-order valence-electron chi connectivity index (χ4n) is 4.58. The quantitative estimate of drug-likeness (QED) is 0.884. The van der Waals surface area contributed by atoms with E-state index in [1.165, 1.54) is 30.6 Å². The molecule has 0 amide bonds. The van der Waals surface area contributed by atoms with Gasteiger partial charge in [-0.15, -0.1) is 5.10 Å². The van der Waals surface area contributed by atoms with E-state index >= 15 is 0 Å². The second-order valence-corrected chi connectivity index (χ2v) is 7.48. The summed E-state index contributed by atoms with van der Waals surface area (Å²) in [5.41, 5.74) is 0.718. The van der Waals surface area contributed by atoms with Gasteiger partial charge in [-0.2, -0.15) is 0 Å². The average molecular weight is 359 g/mol.